The van der Waals surface area contributed by atoms with E-state index in [0.29, 0.717) is 0 Å². The molecule has 1 atom stereocenters. The van der Waals surface area contributed by atoms with E-state index in [0.717, 1.165) is 31.3 Å². The van der Waals surface area contributed by atoms with E-state index in [-0.39, 0.29) is 6.29 Å². The average Bonchev–Trinajstić information content (AvgIpc) is 2.64. The number of thioether (sulfide) groups is 1. The summed E-state index contributed by atoms with van der Waals surface area (Å²) in [6, 6.07) is 0. The molecule has 0 saturated carbocycles. The Labute approximate surface area is 85.4 Å². The second-order valence-corrected chi connectivity index (χ2v) is 4.70. The van der Waals surface area contributed by atoms with Crippen LogP contribution in [0.5, 0.6) is 0 Å². The van der Waals surface area contributed by atoms with Gasteiger partial charge in [-0.05, 0) is 17.4 Å². The molecule has 0 aromatic carbocycles. The fourth-order valence-corrected chi connectivity index (χ4v) is 2.32. The maximum Gasteiger partial charge on any atom is 0.158 e. The normalized spacial score (nSPS) is 20.8. The Morgan fingerprint density at radius 2 is 2.08 bits per heavy atom. The monoisotopic (exact) mass is 204 g/mol. The molecule has 0 amide bonds. The molecule has 1 unspecified atom stereocenters. The lowest BCUT2D eigenvalue weighted by Crippen LogP contribution is -2.09. The van der Waals surface area contributed by atoms with E-state index in [4.69, 9.17) is 9.47 Å². The van der Waals surface area contributed by atoms with Crippen LogP contribution in [0.3, 0.4) is 0 Å². The first kappa shape index (κ1) is 11.3. The molecule has 78 valence electrons. The summed E-state index contributed by atoms with van der Waals surface area (Å²) in [5.41, 5.74) is 0. The van der Waals surface area contributed by atoms with Crippen LogP contribution in [-0.2, 0) is 9.47 Å². The van der Waals surface area contributed by atoms with Crippen LogP contribution < -0.4 is 0 Å². The molecule has 1 saturated heterocycles. The molecule has 1 aliphatic rings. The third-order valence-electron chi connectivity index (χ3n) is 2.29. The van der Waals surface area contributed by atoms with Gasteiger partial charge >= 0.3 is 0 Å². The van der Waals surface area contributed by atoms with E-state index in [1.807, 2.05) is 11.8 Å². The fraction of sp³-hybridized carbons (Fsp3) is 1.00. The van der Waals surface area contributed by atoms with E-state index in [2.05, 4.69) is 13.8 Å². The van der Waals surface area contributed by atoms with Gasteiger partial charge in [-0.2, -0.15) is 11.8 Å². The van der Waals surface area contributed by atoms with Crippen molar-refractivity contribution in [2.75, 3.05) is 24.7 Å². The van der Waals surface area contributed by atoms with Crippen molar-refractivity contribution in [1.29, 1.82) is 0 Å². The largest absolute Gasteiger partial charge is 0.350 e. The Balaban J connectivity index is 1.88. The van der Waals surface area contributed by atoms with Crippen LogP contribution in [0.4, 0.5) is 0 Å². The van der Waals surface area contributed by atoms with Crippen molar-refractivity contribution in [3.8, 4) is 0 Å². The van der Waals surface area contributed by atoms with Gasteiger partial charge < -0.3 is 9.47 Å². The van der Waals surface area contributed by atoms with Gasteiger partial charge in [0.2, 0.25) is 0 Å². The molecule has 0 radical (unpaired) electrons. The van der Waals surface area contributed by atoms with Crippen molar-refractivity contribution >= 4 is 11.8 Å². The summed E-state index contributed by atoms with van der Waals surface area (Å²) in [7, 11) is 0. The smallest absolute Gasteiger partial charge is 0.158 e. The maximum absolute atomic E-state index is 5.35. The zero-order chi connectivity index (χ0) is 9.52. The van der Waals surface area contributed by atoms with Crippen molar-refractivity contribution in [2.45, 2.75) is 33.0 Å². The number of hydrogen-bond donors (Lipinski definition) is 0. The van der Waals surface area contributed by atoms with Crippen molar-refractivity contribution in [3.63, 3.8) is 0 Å². The van der Waals surface area contributed by atoms with E-state index in [1.54, 1.807) is 0 Å². The summed E-state index contributed by atoms with van der Waals surface area (Å²) in [6.07, 6.45) is 2.41. The van der Waals surface area contributed by atoms with Gasteiger partial charge in [-0.1, -0.05) is 20.3 Å². The zero-order valence-corrected chi connectivity index (χ0v) is 9.44. The molecular formula is C10H20O2S. The molecule has 13 heavy (non-hydrogen) atoms. The lowest BCUT2D eigenvalue weighted by molar-refractivity contribution is -0.0421. The van der Waals surface area contributed by atoms with Gasteiger partial charge in [0, 0.05) is 6.42 Å². The minimum atomic E-state index is 0.0874. The quantitative estimate of drug-likeness (QED) is 0.619. The van der Waals surface area contributed by atoms with Gasteiger partial charge in [-0.15, -0.1) is 0 Å². The molecule has 3 heteroatoms. The number of ether oxygens (including phenoxy) is 2. The van der Waals surface area contributed by atoms with Crippen molar-refractivity contribution in [1.82, 2.24) is 0 Å². The molecule has 0 aromatic rings. The van der Waals surface area contributed by atoms with Crippen LogP contribution in [0, 0.1) is 5.92 Å². The lowest BCUT2D eigenvalue weighted by Gasteiger charge is -2.10. The number of rotatable bonds is 6. The van der Waals surface area contributed by atoms with Crippen LogP contribution >= 0.6 is 11.8 Å². The first-order chi connectivity index (χ1) is 6.33. The Bertz CT molecular complexity index is 124. The van der Waals surface area contributed by atoms with Gasteiger partial charge in [0.15, 0.2) is 6.29 Å². The van der Waals surface area contributed by atoms with E-state index < -0.39 is 0 Å². The summed E-state index contributed by atoms with van der Waals surface area (Å²) in [6.45, 7) is 6.10. The molecule has 0 spiro atoms. The molecule has 2 nitrogen and oxygen atoms in total. The SMILES string of the molecule is CCC(C)CSCCC1OCCO1. The first-order valence-electron chi connectivity index (χ1n) is 5.14. The molecule has 0 bridgehead atoms. The maximum atomic E-state index is 5.35. The van der Waals surface area contributed by atoms with Crippen LogP contribution in [0.15, 0.2) is 0 Å². The van der Waals surface area contributed by atoms with E-state index in [9.17, 15) is 0 Å². The summed E-state index contributed by atoms with van der Waals surface area (Å²) in [5, 5.41) is 0. The number of hydrogen-bond acceptors (Lipinski definition) is 3. The fourth-order valence-electron chi connectivity index (χ4n) is 1.16. The van der Waals surface area contributed by atoms with Crippen LogP contribution in [-0.4, -0.2) is 31.0 Å². The molecule has 1 heterocycles. The van der Waals surface area contributed by atoms with Gasteiger partial charge in [0.05, 0.1) is 13.2 Å². The van der Waals surface area contributed by atoms with Crippen molar-refractivity contribution in [2.24, 2.45) is 5.92 Å². The van der Waals surface area contributed by atoms with Gasteiger partial charge in [0.25, 0.3) is 0 Å². The summed E-state index contributed by atoms with van der Waals surface area (Å²) in [4.78, 5) is 0. The van der Waals surface area contributed by atoms with E-state index >= 15 is 0 Å². The predicted octanol–water partition coefficient (Wildman–Crippen LogP) is 2.53. The molecule has 0 aliphatic carbocycles. The Kier molecular flexibility index (Phi) is 5.83. The van der Waals surface area contributed by atoms with Gasteiger partial charge in [-0.25, -0.2) is 0 Å². The Hall–Kier alpha value is 0.270. The predicted molar refractivity (Wildman–Crippen MR) is 57.1 cm³/mol. The molecule has 1 fully saturated rings. The van der Waals surface area contributed by atoms with Crippen molar-refractivity contribution in [3.05, 3.63) is 0 Å². The third-order valence-corrected chi connectivity index (χ3v) is 3.62. The second-order valence-electron chi connectivity index (χ2n) is 3.55. The van der Waals surface area contributed by atoms with Crippen LogP contribution in [0.2, 0.25) is 0 Å². The highest BCUT2D eigenvalue weighted by molar-refractivity contribution is 7.99. The average molecular weight is 204 g/mol. The third kappa shape index (κ3) is 4.89. The second kappa shape index (κ2) is 6.68. The van der Waals surface area contributed by atoms with Gasteiger partial charge in [-0.3, -0.25) is 0 Å². The van der Waals surface area contributed by atoms with Crippen LogP contribution in [0.25, 0.3) is 0 Å². The molecule has 1 rings (SSSR count). The lowest BCUT2D eigenvalue weighted by atomic mass is 10.2. The first-order valence-corrected chi connectivity index (χ1v) is 6.29. The zero-order valence-electron chi connectivity index (χ0n) is 8.62. The van der Waals surface area contributed by atoms with E-state index in [1.165, 1.54) is 12.2 Å². The van der Waals surface area contributed by atoms with Gasteiger partial charge in [0.1, 0.15) is 0 Å². The Morgan fingerprint density at radius 1 is 1.38 bits per heavy atom. The Morgan fingerprint density at radius 3 is 2.69 bits per heavy atom. The highest BCUT2D eigenvalue weighted by Gasteiger charge is 2.14. The highest BCUT2D eigenvalue weighted by Crippen LogP contribution is 2.15. The molecule has 0 aromatic heterocycles. The van der Waals surface area contributed by atoms with Crippen LogP contribution in [0.1, 0.15) is 26.7 Å². The minimum Gasteiger partial charge on any atom is -0.350 e. The molecular weight excluding hydrogens is 184 g/mol. The molecule has 0 N–H and O–H groups in total. The topological polar surface area (TPSA) is 18.5 Å². The summed E-state index contributed by atoms with van der Waals surface area (Å²) < 4.78 is 10.7. The summed E-state index contributed by atoms with van der Waals surface area (Å²) in [5.74, 6) is 3.27. The minimum absolute atomic E-state index is 0.0874. The highest BCUT2D eigenvalue weighted by atomic mass is 32.2. The van der Waals surface area contributed by atoms with Crippen molar-refractivity contribution < 1.29 is 9.47 Å². The summed E-state index contributed by atoms with van der Waals surface area (Å²) >= 11 is 2.01. The molecule has 1 aliphatic heterocycles. The standard InChI is InChI=1S/C10H20O2S/c1-3-9(2)8-13-7-4-10-11-5-6-12-10/h9-10H,3-8H2,1-2H3.